The lowest BCUT2D eigenvalue weighted by Gasteiger charge is -2.14. The van der Waals surface area contributed by atoms with Gasteiger partial charge in [0.2, 0.25) is 5.91 Å². The molecule has 6 heteroatoms. The Hall–Kier alpha value is -0.750. The van der Waals surface area contributed by atoms with E-state index in [1.807, 2.05) is 0 Å². The topological polar surface area (TPSA) is 64.3 Å². The maximum absolute atomic E-state index is 11.7. The van der Waals surface area contributed by atoms with E-state index in [0.717, 1.165) is 19.3 Å². The summed E-state index contributed by atoms with van der Waals surface area (Å²) in [5.74, 6) is -0.150. The minimum absolute atomic E-state index is 0.0417. The Balaban J connectivity index is 2.02. The normalized spacial score (nSPS) is 17.2. The molecule has 0 aromatic carbocycles. The fraction of sp³-hybridized carbons (Fsp3) is 0.909. The first-order valence-electron chi connectivity index (χ1n) is 5.91. The molecule has 0 aromatic heterocycles. The molecule has 1 aliphatic carbocycles. The van der Waals surface area contributed by atoms with Crippen molar-refractivity contribution in [1.82, 2.24) is 5.32 Å². The van der Waals surface area contributed by atoms with Gasteiger partial charge in [-0.25, -0.2) is 8.78 Å². The van der Waals surface area contributed by atoms with E-state index in [9.17, 15) is 13.6 Å². The fourth-order valence-corrected chi connectivity index (χ4v) is 1.71. The maximum atomic E-state index is 11.7. The number of hydrogen-bond acceptors (Lipinski definition) is 3. The van der Waals surface area contributed by atoms with Crippen LogP contribution in [-0.2, 0) is 9.53 Å². The highest BCUT2D eigenvalue weighted by atomic mass is 19.3. The first-order chi connectivity index (χ1) is 8.08. The number of hydrogen-bond donors (Lipinski definition) is 2. The molecule has 17 heavy (non-hydrogen) atoms. The Morgan fingerprint density at radius 3 is 2.71 bits per heavy atom. The van der Waals surface area contributed by atoms with Gasteiger partial charge in [0.15, 0.2) is 0 Å². The molecular weight excluding hydrogens is 230 g/mol. The molecule has 4 nitrogen and oxygen atoms in total. The molecule has 100 valence electrons. The monoisotopic (exact) mass is 250 g/mol. The highest BCUT2D eigenvalue weighted by molar-refractivity contribution is 5.76. The molecule has 0 aliphatic heterocycles. The third-order valence-electron chi connectivity index (χ3n) is 3.01. The Labute approximate surface area is 99.9 Å². The fourth-order valence-electron chi connectivity index (χ4n) is 1.71. The van der Waals surface area contributed by atoms with Gasteiger partial charge in [-0.2, -0.15) is 0 Å². The average Bonchev–Trinajstić information content (AvgIpc) is 3.03. The quantitative estimate of drug-likeness (QED) is 0.598. The van der Waals surface area contributed by atoms with Crippen LogP contribution in [-0.4, -0.2) is 38.6 Å². The van der Waals surface area contributed by atoms with Crippen LogP contribution < -0.4 is 11.1 Å². The van der Waals surface area contributed by atoms with E-state index in [1.165, 1.54) is 0 Å². The Morgan fingerprint density at radius 1 is 1.47 bits per heavy atom. The standard InChI is InChI=1S/C11H20F2N2O2/c12-9(13)7-17-6-1-10(16)15-8-11(2-3-11)4-5-14/h9H,1-8,14H2,(H,15,16). The third-order valence-corrected chi connectivity index (χ3v) is 3.01. The SMILES string of the molecule is NCCC1(CNC(=O)CCOCC(F)F)CC1. The van der Waals surface area contributed by atoms with E-state index in [1.54, 1.807) is 0 Å². The zero-order valence-corrected chi connectivity index (χ0v) is 9.88. The van der Waals surface area contributed by atoms with E-state index in [4.69, 9.17) is 5.73 Å². The van der Waals surface area contributed by atoms with Crippen molar-refractivity contribution in [2.45, 2.75) is 32.1 Å². The Morgan fingerprint density at radius 2 is 2.18 bits per heavy atom. The van der Waals surface area contributed by atoms with Crippen LogP contribution in [0.5, 0.6) is 0 Å². The van der Waals surface area contributed by atoms with Crippen LogP contribution in [0.15, 0.2) is 0 Å². The number of carbonyl (C=O) groups is 1. The van der Waals surface area contributed by atoms with Crippen LogP contribution in [0.2, 0.25) is 0 Å². The lowest BCUT2D eigenvalue weighted by atomic mass is 10.0. The van der Waals surface area contributed by atoms with Crippen molar-refractivity contribution in [2.75, 3.05) is 26.3 Å². The second-order valence-electron chi connectivity index (χ2n) is 4.53. The lowest BCUT2D eigenvalue weighted by molar-refractivity contribution is -0.122. The Kier molecular flexibility index (Phi) is 5.77. The van der Waals surface area contributed by atoms with Gasteiger partial charge in [-0.05, 0) is 31.2 Å². The minimum Gasteiger partial charge on any atom is -0.375 e. The van der Waals surface area contributed by atoms with Crippen LogP contribution in [0, 0.1) is 5.41 Å². The summed E-state index contributed by atoms with van der Waals surface area (Å²) in [5, 5.41) is 2.80. The van der Waals surface area contributed by atoms with Gasteiger partial charge in [-0.1, -0.05) is 0 Å². The second kappa shape index (κ2) is 6.86. The van der Waals surface area contributed by atoms with Gasteiger partial charge < -0.3 is 15.8 Å². The van der Waals surface area contributed by atoms with E-state index < -0.39 is 13.0 Å². The van der Waals surface area contributed by atoms with Gasteiger partial charge in [0.1, 0.15) is 6.61 Å². The summed E-state index contributed by atoms with van der Waals surface area (Å²) in [6, 6.07) is 0. The molecule has 0 bridgehead atoms. The maximum Gasteiger partial charge on any atom is 0.261 e. The molecule has 0 saturated heterocycles. The van der Waals surface area contributed by atoms with Crippen LogP contribution in [0.3, 0.4) is 0 Å². The number of carbonyl (C=O) groups excluding carboxylic acids is 1. The van der Waals surface area contributed by atoms with Crippen molar-refractivity contribution in [1.29, 1.82) is 0 Å². The van der Waals surface area contributed by atoms with Crippen LogP contribution in [0.25, 0.3) is 0 Å². The number of ether oxygens (including phenoxy) is 1. The summed E-state index contributed by atoms with van der Waals surface area (Å²) in [4.78, 5) is 11.4. The third kappa shape index (κ3) is 5.93. The molecule has 1 rings (SSSR count). The minimum atomic E-state index is -2.47. The van der Waals surface area contributed by atoms with Gasteiger partial charge in [-0.15, -0.1) is 0 Å². The molecule has 0 aromatic rings. The van der Waals surface area contributed by atoms with Crippen molar-refractivity contribution in [3.63, 3.8) is 0 Å². The predicted octanol–water partition coefficient (Wildman–Crippen LogP) is 0.903. The van der Waals surface area contributed by atoms with Crippen molar-refractivity contribution in [3.05, 3.63) is 0 Å². The molecule has 1 saturated carbocycles. The molecule has 0 heterocycles. The summed E-state index contributed by atoms with van der Waals surface area (Å²) in [5.41, 5.74) is 5.69. The molecule has 0 spiro atoms. The smallest absolute Gasteiger partial charge is 0.261 e. The summed E-state index contributed by atoms with van der Waals surface area (Å²) < 4.78 is 28.1. The number of nitrogens with two attached hydrogens (primary N) is 1. The van der Waals surface area contributed by atoms with Gasteiger partial charge in [-0.3, -0.25) is 4.79 Å². The van der Waals surface area contributed by atoms with Gasteiger partial charge in [0.05, 0.1) is 6.61 Å². The average molecular weight is 250 g/mol. The molecule has 1 amide bonds. The van der Waals surface area contributed by atoms with Crippen LogP contribution in [0.1, 0.15) is 25.7 Å². The molecule has 0 atom stereocenters. The predicted molar refractivity (Wildman–Crippen MR) is 59.8 cm³/mol. The molecular formula is C11H20F2N2O2. The zero-order valence-electron chi connectivity index (χ0n) is 9.88. The van der Waals surface area contributed by atoms with Crippen LogP contribution in [0.4, 0.5) is 8.78 Å². The summed E-state index contributed by atoms with van der Waals surface area (Å²) in [6.45, 7) is 0.704. The van der Waals surface area contributed by atoms with Crippen molar-refractivity contribution < 1.29 is 18.3 Å². The van der Waals surface area contributed by atoms with E-state index >= 15 is 0 Å². The van der Waals surface area contributed by atoms with Crippen LogP contribution >= 0.6 is 0 Å². The number of alkyl halides is 2. The summed E-state index contributed by atoms with van der Waals surface area (Å²) in [6.07, 6.45) is 0.789. The number of halogens is 2. The molecule has 1 aliphatic rings. The first-order valence-corrected chi connectivity index (χ1v) is 5.91. The van der Waals surface area contributed by atoms with Gasteiger partial charge >= 0.3 is 0 Å². The van der Waals surface area contributed by atoms with Crippen molar-refractivity contribution in [3.8, 4) is 0 Å². The lowest BCUT2D eigenvalue weighted by Crippen LogP contribution is -2.32. The highest BCUT2D eigenvalue weighted by Crippen LogP contribution is 2.47. The van der Waals surface area contributed by atoms with E-state index in [2.05, 4.69) is 10.1 Å². The number of rotatable bonds is 9. The molecule has 3 N–H and O–H groups in total. The zero-order chi connectivity index (χ0) is 12.7. The highest BCUT2D eigenvalue weighted by Gasteiger charge is 2.41. The number of nitrogens with one attached hydrogen (secondary N) is 1. The second-order valence-corrected chi connectivity index (χ2v) is 4.53. The largest absolute Gasteiger partial charge is 0.375 e. The van der Waals surface area contributed by atoms with E-state index in [0.29, 0.717) is 13.1 Å². The summed E-state index contributed by atoms with van der Waals surface area (Å²) >= 11 is 0. The molecule has 0 radical (unpaired) electrons. The van der Waals surface area contributed by atoms with Crippen molar-refractivity contribution in [2.24, 2.45) is 11.1 Å². The Bertz CT molecular complexity index is 246. The van der Waals surface area contributed by atoms with Crippen molar-refractivity contribution >= 4 is 5.91 Å². The molecule has 1 fully saturated rings. The van der Waals surface area contributed by atoms with E-state index in [-0.39, 0.29) is 24.3 Å². The van der Waals surface area contributed by atoms with Gasteiger partial charge in [0.25, 0.3) is 6.43 Å². The molecule has 0 unspecified atom stereocenters. The summed E-state index contributed by atoms with van der Waals surface area (Å²) in [7, 11) is 0. The van der Waals surface area contributed by atoms with Gasteiger partial charge in [0, 0.05) is 13.0 Å². The number of amides is 1. The first kappa shape index (κ1) is 14.3.